The Morgan fingerprint density at radius 3 is 2.29 bits per heavy atom. The van der Waals surface area contributed by atoms with Gasteiger partial charge in [-0.2, -0.15) is 0 Å². The molecular formula is C12H13ClO4. The first kappa shape index (κ1) is 13.5. The molecular weight excluding hydrogens is 244 g/mol. The van der Waals surface area contributed by atoms with E-state index < -0.39 is 17.2 Å². The number of ether oxygens (including phenoxy) is 1. The van der Waals surface area contributed by atoms with E-state index in [2.05, 4.69) is 0 Å². The van der Waals surface area contributed by atoms with Gasteiger partial charge in [-0.1, -0.05) is 11.6 Å². The molecule has 0 aliphatic heterocycles. The van der Waals surface area contributed by atoms with Crippen molar-refractivity contribution in [1.82, 2.24) is 0 Å². The Labute approximate surface area is 104 Å². The van der Waals surface area contributed by atoms with Crippen molar-refractivity contribution < 1.29 is 19.4 Å². The summed E-state index contributed by atoms with van der Waals surface area (Å²) >= 11 is 5.69. The molecule has 0 amide bonds. The third kappa shape index (κ3) is 3.46. The van der Waals surface area contributed by atoms with Crippen molar-refractivity contribution in [3.05, 3.63) is 29.3 Å². The fraction of sp³-hybridized carbons (Fsp3) is 0.333. The maximum absolute atomic E-state index is 11.6. The SMILES string of the molecule is CC(C)(C(=O)O)C(=O)COc1ccc(Cl)cc1. The van der Waals surface area contributed by atoms with Crippen molar-refractivity contribution in [2.75, 3.05) is 6.61 Å². The van der Waals surface area contributed by atoms with Crippen LogP contribution in [-0.4, -0.2) is 23.5 Å². The minimum Gasteiger partial charge on any atom is -0.486 e. The van der Waals surface area contributed by atoms with Crippen molar-refractivity contribution in [3.8, 4) is 5.75 Å². The zero-order valence-electron chi connectivity index (χ0n) is 9.57. The average molecular weight is 257 g/mol. The molecule has 0 heterocycles. The maximum atomic E-state index is 11.6. The smallest absolute Gasteiger partial charge is 0.316 e. The molecule has 0 unspecified atom stereocenters. The lowest BCUT2D eigenvalue weighted by atomic mass is 9.89. The van der Waals surface area contributed by atoms with Crippen LogP contribution in [0.3, 0.4) is 0 Å². The fourth-order valence-electron chi connectivity index (χ4n) is 0.979. The molecule has 92 valence electrons. The summed E-state index contributed by atoms with van der Waals surface area (Å²) in [4.78, 5) is 22.4. The van der Waals surface area contributed by atoms with Crippen LogP contribution in [0.4, 0.5) is 0 Å². The minimum atomic E-state index is -1.44. The Bertz CT molecular complexity index is 423. The predicted octanol–water partition coefficient (Wildman–Crippen LogP) is 2.40. The van der Waals surface area contributed by atoms with E-state index in [1.807, 2.05) is 0 Å². The number of carbonyl (C=O) groups is 2. The van der Waals surface area contributed by atoms with Crippen molar-refractivity contribution in [1.29, 1.82) is 0 Å². The fourth-order valence-corrected chi connectivity index (χ4v) is 1.11. The summed E-state index contributed by atoms with van der Waals surface area (Å²) in [6.07, 6.45) is 0. The number of carbonyl (C=O) groups excluding carboxylic acids is 1. The molecule has 17 heavy (non-hydrogen) atoms. The van der Waals surface area contributed by atoms with Gasteiger partial charge in [0.05, 0.1) is 0 Å². The molecule has 0 saturated carbocycles. The first-order chi connectivity index (χ1) is 7.84. The van der Waals surface area contributed by atoms with Crippen LogP contribution in [0, 0.1) is 5.41 Å². The Kier molecular flexibility index (Phi) is 4.12. The van der Waals surface area contributed by atoms with Crippen LogP contribution in [0.25, 0.3) is 0 Å². The number of hydrogen-bond donors (Lipinski definition) is 1. The third-order valence-electron chi connectivity index (χ3n) is 2.42. The van der Waals surface area contributed by atoms with Crippen LogP contribution >= 0.6 is 11.6 Å². The van der Waals surface area contributed by atoms with Crippen LogP contribution in [0.15, 0.2) is 24.3 Å². The van der Waals surface area contributed by atoms with E-state index in [-0.39, 0.29) is 6.61 Å². The topological polar surface area (TPSA) is 63.6 Å². The highest BCUT2D eigenvalue weighted by atomic mass is 35.5. The molecule has 0 radical (unpaired) electrons. The zero-order valence-corrected chi connectivity index (χ0v) is 10.3. The van der Waals surface area contributed by atoms with E-state index >= 15 is 0 Å². The molecule has 1 N–H and O–H groups in total. The van der Waals surface area contributed by atoms with Crippen LogP contribution in [-0.2, 0) is 9.59 Å². The summed E-state index contributed by atoms with van der Waals surface area (Å²) in [5.74, 6) is -1.17. The standard InChI is InChI=1S/C12H13ClO4/c1-12(2,11(15)16)10(14)7-17-9-5-3-8(13)4-6-9/h3-6H,7H2,1-2H3,(H,15,16). The largest absolute Gasteiger partial charge is 0.486 e. The van der Waals surface area contributed by atoms with Crippen molar-refractivity contribution in [3.63, 3.8) is 0 Å². The second-order valence-corrected chi connectivity index (χ2v) is 4.53. The number of hydrogen-bond acceptors (Lipinski definition) is 3. The first-order valence-corrected chi connectivity index (χ1v) is 5.37. The van der Waals surface area contributed by atoms with Gasteiger partial charge >= 0.3 is 5.97 Å². The monoisotopic (exact) mass is 256 g/mol. The van der Waals surface area contributed by atoms with Crippen LogP contribution in [0.5, 0.6) is 5.75 Å². The zero-order chi connectivity index (χ0) is 13.1. The Balaban J connectivity index is 2.60. The molecule has 1 aromatic carbocycles. The van der Waals surface area contributed by atoms with Gasteiger partial charge in [0.25, 0.3) is 0 Å². The van der Waals surface area contributed by atoms with Crippen molar-refractivity contribution in [2.24, 2.45) is 5.41 Å². The summed E-state index contributed by atoms with van der Waals surface area (Å²) in [5, 5.41) is 9.42. The van der Waals surface area contributed by atoms with Gasteiger partial charge in [-0.15, -0.1) is 0 Å². The van der Waals surface area contributed by atoms with Gasteiger partial charge in [0.1, 0.15) is 17.8 Å². The quantitative estimate of drug-likeness (QED) is 0.822. The van der Waals surface area contributed by atoms with Gasteiger partial charge in [-0.05, 0) is 38.1 Å². The highest BCUT2D eigenvalue weighted by molar-refractivity contribution is 6.30. The van der Waals surface area contributed by atoms with E-state index in [0.717, 1.165) is 0 Å². The van der Waals surface area contributed by atoms with E-state index in [9.17, 15) is 9.59 Å². The minimum absolute atomic E-state index is 0.277. The normalized spacial score (nSPS) is 11.0. The lowest BCUT2D eigenvalue weighted by Gasteiger charge is -2.17. The van der Waals surface area contributed by atoms with Crippen molar-refractivity contribution in [2.45, 2.75) is 13.8 Å². The van der Waals surface area contributed by atoms with Gasteiger partial charge in [0.15, 0.2) is 5.78 Å². The van der Waals surface area contributed by atoms with Crippen LogP contribution in [0.2, 0.25) is 5.02 Å². The van der Waals surface area contributed by atoms with Gasteiger partial charge in [-0.3, -0.25) is 9.59 Å². The lowest BCUT2D eigenvalue weighted by molar-refractivity contribution is -0.153. The summed E-state index contributed by atoms with van der Waals surface area (Å²) in [7, 11) is 0. The molecule has 0 aromatic heterocycles. The number of ketones is 1. The van der Waals surface area contributed by atoms with Gasteiger partial charge in [0, 0.05) is 5.02 Å². The van der Waals surface area contributed by atoms with E-state index in [0.29, 0.717) is 10.8 Å². The third-order valence-corrected chi connectivity index (χ3v) is 2.67. The summed E-state index contributed by atoms with van der Waals surface area (Å²) in [6, 6.07) is 6.49. The van der Waals surface area contributed by atoms with Crippen LogP contribution < -0.4 is 4.74 Å². The second kappa shape index (κ2) is 5.19. The van der Waals surface area contributed by atoms with E-state index in [1.165, 1.54) is 13.8 Å². The average Bonchev–Trinajstić information content (AvgIpc) is 2.27. The molecule has 5 heteroatoms. The molecule has 1 aromatic rings. The number of Topliss-reactive ketones (excluding diaryl/α,β-unsaturated/α-hetero) is 1. The molecule has 4 nitrogen and oxygen atoms in total. The second-order valence-electron chi connectivity index (χ2n) is 4.10. The van der Waals surface area contributed by atoms with E-state index in [1.54, 1.807) is 24.3 Å². The molecule has 0 spiro atoms. The molecule has 1 rings (SSSR count). The predicted molar refractivity (Wildman–Crippen MR) is 63.4 cm³/mol. The molecule has 0 aliphatic rings. The first-order valence-electron chi connectivity index (χ1n) is 4.99. The molecule has 0 aliphatic carbocycles. The maximum Gasteiger partial charge on any atom is 0.316 e. The number of halogens is 1. The number of carboxylic acids is 1. The number of rotatable bonds is 5. The molecule has 0 atom stereocenters. The highest BCUT2D eigenvalue weighted by Crippen LogP contribution is 2.19. The number of aliphatic carboxylic acids is 1. The summed E-state index contributed by atoms with van der Waals surface area (Å²) < 4.78 is 5.19. The Morgan fingerprint density at radius 2 is 1.82 bits per heavy atom. The Hall–Kier alpha value is -1.55. The molecule has 0 saturated heterocycles. The highest BCUT2D eigenvalue weighted by Gasteiger charge is 2.35. The van der Waals surface area contributed by atoms with Gasteiger partial charge in [-0.25, -0.2) is 0 Å². The van der Waals surface area contributed by atoms with Crippen LogP contribution in [0.1, 0.15) is 13.8 Å². The molecule has 0 fully saturated rings. The van der Waals surface area contributed by atoms with Crippen molar-refractivity contribution >= 4 is 23.4 Å². The van der Waals surface area contributed by atoms with Gasteiger partial charge < -0.3 is 9.84 Å². The van der Waals surface area contributed by atoms with Gasteiger partial charge in [0.2, 0.25) is 0 Å². The summed E-state index contributed by atoms with van der Waals surface area (Å²) in [6.45, 7) is 2.42. The summed E-state index contributed by atoms with van der Waals surface area (Å²) in [5.41, 5.74) is -1.44. The number of carboxylic acid groups (broad SMARTS) is 1. The lowest BCUT2D eigenvalue weighted by Crippen LogP contribution is -2.36. The number of benzene rings is 1. The molecule has 0 bridgehead atoms. The van der Waals surface area contributed by atoms with E-state index in [4.69, 9.17) is 21.4 Å². The Morgan fingerprint density at radius 1 is 1.29 bits per heavy atom.